The van der Waals surface area contributed by atoms with E-state index in [4.69, 9.17) is 4.74 Å². The molecule has 1 aromatic heterocycles. The van der Waals surface area contributed by atoms with Gasteiger partial charge in [-0.2, -0.15) is 0 Å². The van der Waals surface area contributed by atoms with Gasteiger partial charge in [0, 0.05) is 63.7 Å². The van der Waals surface area contributed by atoms with Gasteiger partial charge >= 0.3 is 6.03 Å². The Bertz CT molecular complexity index is 1250. The van der Waals surface area contributed by atoms with Crippen molar-refractivity contribution in [2.24, 2.45) is 0 Å². The fraction of sp³-hybridized carbons (Fsp3) is 0.500. The summed E-state index contributed by atoms with van der Waals surface area (Å²) in [5.74, 6) is 0.0657. The van der Waals surface area contributed by atoms with Crippen LogP contribution in [0.1, 0.15) is 25.8 Å². The Morgan fingerprint density at radius 3 is 2.81 bits per heavy atom. The molecule has 2 fully saturated rings. The van der Waals surface area contributed by atoms with Gasteiger partial charge in [0.25, 0.3) is 0 Å². The predicted molar refractivity (Wildman–Crippen MR) is 136 cm³/mol. The number of urea groups is 1. The minimum absolute atomic E-state index is 0.190. The molecule has 2 amide bonds. The van der Waals surface area contributed by atoms with Crippen molar-refractivity contribution in [2.45, 2.75) is 32.9 Å². The van der Waals surface area contributed by atoms with Crippen LogP contribution in [0, 0.1) is 5.82 Å². The summed E-state index contributed by atoms with van der Waals surface area (Å²) < 4.78 is 21.2. The van der Waals surface area contributed by atoms with E-state index in [1.807, 2.05) is 6.92 Å². The molecule has 0 aliphatic carbocycles. The van der Waals surface area contributed by atoms with Crippen LogP contribution in [0.25, 0.3) is 10.9 Å². The molecule has 5 heterocycles. The average molecular weight is 494 g/mol. The quantitative estimate of drug-likeness (QED) is 0.686. The third kappa shape index (κ3) is 3.88. The molecule has 0 bridgehead atoms. The van der Waals surface area contributed by atoms with E-state index in [2.05, 4.69) is 49.1 Å². The molecule has 4 aliphatic rings. The molecule has 36 heavy (non-hydrogen) atoms. The summed E-state index contributed by atoms with van der Waals surface area (Å²) in [6, 6.07) is 1.89. The normalized spacial score (nSPS) is 22.7. The maximum absolute atomic E-state index is 15.6. The molecule has 2 aromatic rings. The monoisotopic (exact) mass is 493 g/mol. The number of nitrogens with one attached hydrogen (secondary N) is 1. The third-order valence-corrected chi connectivity index (χ3v) is 7.80. The maximum atomic E-state index is 15.6. The van der Waals surface area contributed by atoms with Gasteiger partial charge in [0.15, 0.2) is 5.82 Å². The second kappa shape index (κ2) is 9.33. The zero-order valence-electron chi connectivity index (χ0n) is 20.8. The number of allylic oxidation sites excluding steroid dienone is 2. The van der Waals surface area contributed by atoms with Crippen molar-refractivity contribution >= 4 is 28.4 Å². The minimum atomic E-state index is -0.395. The lowest BCUT2D eigenvalue weighted by Gasteiger charge is -2.41. The molecule has 10 heteroatoms. The van der Waals surface area contributed by atoms with Crippen LogP contribution in [-0.2, 0) is 11.3 Å². The number of anilines is 2. The van der Waals surface area contributed by atoms with Crippen molar-refractivity contribution < 1.29 is 13.9 Å². The van der Waals surface area contributed by atoms with Gasteiger partial charge in [-0.05, 0) is 32.4 Å². The van der Waals surface area contributed by atoms with Crippen LogP contribution in [-0.4, -0.2) is 89.2 Å². The largest absolute Gasteiger partial charge is 0.379 e. The molecular formula is C26H32FN7O2. The Balaban J connectivity index is 1.19. The Hall–Kier alpha value is -3.24. The summed E-state index contributed by atoms with van der Waals surface area (Å²) in [6.45, 7) is 11.0. The van der Waals surface area contributed by atoms with Crippen LogP contribution in [0.2, 0.25) is 0 Å². The van der Waals surface area contributed by atoms with Crippen LogP contribution >= 0.6 is 0 Å². The Labute approximate surface area is 210 Å². The zero-order valence-corrected chi connectivity index (χ0v) is 20.8. The fourth-order valence-corrected chi connectivity index (χ4v) is 5.83. The number of benzene rings is 1. The summed E-state index contributed by atoms with van der Waals surface area (Å²) in [4.78, 5) is 29.9. The number of ether oxygens (including phenoxy) is 1. The molecule has 0 saturated carbocycles. The van der Waals surface area contributed by atoms with Gasteiger partial charge < -0.3 is 19.9 Å². The molecule has 1 atom stereocenters. The molecule has 0 radical (unpaired) electrons. The van der Waals surface area contributed by atoms with Gasteiger partial charge in [0.2, 0.25) is 0 Å². The summed E-state index contributed by atoms with van der Waals surface area (Å²) in [5.41, 5.74) is 3.97. The smallest absolute Gasteiger partial charge is 0.327 e. The Kier molecular flexibility index (Phi) is 6.00. The number of piperazine rings is 1. The van der Waals surface area contributed by atoms with Gasteiger partial charge in [-0.1, -0.05) is 6.08 Å². The standard InChI is InChI=1S/C26H32FN7O2/c1-3-33-25-22-20(28-16-29-25)13-18(23(27)24(22)30-26(33)35)14-31-8-10-32(11-9-31)21-5-4-7-34(17(21)2)19-6-12-36-15-19/h4-5,13,16,19H,3,6-12,14-15H2,1-2H3,(H,30,35)/t19-/m0/s1. The molecular weight excluding hydrogens is 461 g/mol. The second-order valence-corrected chi connectivity index (χ2v) is 9.80. The van der Waals surface area contributed by atoms with Gasteiger partial charge in [0.05, 0.1) is 34.9 Å². The third-order valence-electron chi connectivity index (χ3n) is 7.80. The summed E-state index contributed by atoms with van der Waals surface area (Å²) in [5, 5.41) is 3.29. The van der Waals surface area contributed by atoms with Gasteiger partial charge in [-0.3, -0.25) is 9.80 Å². The second-order valence-electron chi connectivity index (χ2n) is 9.80. The molecule has 0 spiro atoms. The van der Waals surface area contributed by atoms with Crippen molar-refractivity contribution in [1.82, 2.24) is 24.7 Å². The van der Waals surface area contributed by atoms with E-state index >= 15 is 4.39 Å². The number of amides is 2. The first-order valence-electron chi connectivity index (χ1n) is 12.8. The van der Waals surface area contributed by atoms with E-state index in [1.165, 1.54) is 22.6 Å². The van der Waals surface area contributed by atoms with E-state index in [9.17, 15) is 4.79 Å². The number of hydrogen-bond acceptors (Lipinski definition) is 7. The molecule has 4 aliphatic heterocycles. The summed E-state index contributed by atoms with van der Waals surface area (Å²) >= 11 is 0. The topological polar surface area (TPSA) is 77.1 Å². The lowest BCUT2D eigenvalue weighted by molar-refractivity contribution is 0.143. The highest BCUT2D eigenvalue weighted by atomic mass is 19.1. The van der Waals surface area contributed by atoms with E-state index in [0.29, 0.717) is 41.4 Å². The van der Waals surface area contributed by atoms with E-state index < -0.39 is 5.82 Å². The SMILES string of the molecule is CCN1C(=O)Nc2c(F)c(CN3CCN(C4=C(C)N([C@H]5CCOC5)CC=C4)CC3)cc3ncnc1c23. The molecule has 2 saturated heterocycles. The number of carbonyl (C=O) groups excluding carboxylic acids is 1. The number of rotatable bonds is 5. The van der Waals surface area contributed by atoms with Crippen LogP contribution < -0.4 is 10.2 Å². The number of aromatic nitrogens is 2. The molecule has 1 aromatic carbocycles. The van der Waals surface area contributed by atoms with E-state index in [-0.39, 0.29) is 11.7 Å². The van der Waals surface area contributed by atoms with E-state index in [1.54, 1.807) is 6.07 Å². The molecule has 9 nitrogen and oxygen atoms in total. The van der Waals surface area contributed by atoms with Gasteiger partial charge in [0.1, 0.15) is 12.1 Å². The van der Waals surface area contributed by atoms with Crippen LogP contribution in [0.5, 0.6) is 0 Å². The summed E-state index contributed by atoms with van der Waals surface area (Å²) in [6.07, 6.45) is 7.00. The highest BCUT2D eigenvalue weighted by Gasteiger charge is 2.31. The average Bonchev–Trinajstić information content (AvgIpc) is 3.42. The first kappa shape index (κ1) is 23.2. The molecule has 6 rings (SSSR count). The predicted octanol–water partition coefficient (Wildman–Crippen LogP) is 3.15. The molecule has 190 valence electrons. The Morgan fingerprint density at radius 2 is 2.06 bits per heavy atom. The maximum Gasteiger partial charge on any atom is 0.327 e. The van der Waals surface area contributed by atoms with Crippen molar-refractivity contribution in [3.05, 3.63) is 47.3 Å². The highest BCUT2D eigenvalue weighted by Crippen LogP contribution is 2.38. The van der Waals surface area contributed by atoms with Gasteiger partial charge in [-0.15, -0.1) is 0 Å². The van der Waals surface area contributed by atoms with Crippen LogP contribution in [0.4, 0.5) is 20.7 Å². The highest BCUT2D eigenvalue weighted by molar-refractivity contribution is 6.17. The van der Waals surface area contributed by atoms with Crippen molar-refractivity contribution in [1.29, 1.82) is 0 Å². The summed E-state index contributed by atoms with van der Waals surface area (Å²) in [7, 11) is 0. The first-order chi connectivity index (χ1) is 17.5. The Morgan fingerprint density at radius 1 is 1.22 bits per heavy atom. The lowest BCUT2D eigenvalue weighted by atomic mass is 10.1. The first-order valence-corrected chi connectivity index (χ1v) is 12.8. The number of halogens is 1. The lowest BCUT2D eigenvalue weighted by Crippen LogP contribution is -2.47. The minimum Gasteiger partial charge on any atom is -0.379 e. The number of hydrogen-bond donors (Lipinski definition) is 1. The van der Waals surface area contributed by atoms with Crippen molar-refractivity contribution in [3.63, 3.8) is 0 Å². The molecule has 1 N–H and O–H groups in total. The number of carbonyl (C=O) groups is 1. The van der Waals surface area contributed by atoms with Crippen molar-refractivity contribution in [2.75, 3.05) is 62.7 Å². The molecule has 0 unspecified atom stereocenters. The zero-order chi connectivity index (χ0) is 24.8. The van der Waals surface area contributed by atoms with Crippen LogP contribution in [0.15, 0.2) is 35.9 Å². The van der Waals surface area contributed by atoms with Gasteiger partial charge in [-0.25, -0.2) is 19.2 Å². The van der Waals surface area contributed by atoms with E-state index in [0.717, 1.165) is 52.4 Å². The fourth-order valence-electron chi connectivity index (χ4n) is 5.83. The van der Waals surface area contributed by atoms with Crippen molar-refractivity contribution in [3.8, 4) is 0 Å². The van der Waals surface area contributed by atoms with Crippen LogP contribution in [0.3, 0.4) is 0 Å². The number of nitrogens with zero attached hydrogens (tertiary/aromatic N) is 6.